The minimum absolute atomic E-state index is 0.0139. The van der Waals surface area contributed by atoms with Crippen molar-refractivity contribution in [3.8, 4) is 0 Å². The molecule has 37 heavy (non-hydrogen) atoms. The standard InChI is InChI=1S/C28H30N4O5/c1-36-28(35)19-8-6-18(7-9-19)26-25-21(20-4-2-3-5-22(20)29-25)16-23-27(34)31(17-24(33)32(23)26)11-10-30-12-14-37-15-13-30/h2-9,23,26,29H,10-17H2,1H3/t23-,26+/m0/s1. The number of hydrogen-bond acceptors (Lipinski definition) is 6. The lowest BCUT2D eigenvalue weighted by Gasteiger charge is -2.47. The number of fused-ring (bicyclic) bond motifs is 4. The van der Waals surface area contributed by atoms with Crippen LogP contribution in [-0.4, -0.2) is 96.6 Å². The summed E-state index contributed by atoms with van der Waals surface area (Å²) in [5.74, 6) is -0.502. The molecule has 2 fully saturated rings. The van der Waals surface area contributed by atoms with Crippen molar-refractivity contribution in [3.05, 3.63) is 70.9 Å². The Morgan fingerprint density at radius 3 is 2.57 bits per heavy atom. The van der Waals surface area contributed by atoms with Gasteiger partial charge in [0.05, 0.1) is 38.5 Å². The van der Waals surface area contributed by atoms with Gasteiger partial charge in [0.15, 0.2) is 0 Å². The SMILES string of the molecule is COC(=O)c1ccc([C@@H]2c3[nH]c4ccccc4c3C[C@H]3C(=O)N(CCN4CCOCC4)CC(=O)N23)cc1. The number of H-pyrrole nitrogens is 1. The first kappa shape index (κ1) is 23.7. The number of morpholine rings is 1. The lowest BCUT2D eigenvalue weighted by Crippen LogP contribution is -2.63. The first-order valence-corrected chi connectivity index (χ1v) is 12.7. The summed E-state index contributed by atoms with van der Waals surface area (Å²) in [7, 11) is 1.35. The van der Waals surface area contributed by atoms with Gasteiger partial charge in [0, 0.05) is 49.2 Å². The number of hydrogen-bond donors (Lipinski definition) is 1. The van der Waals surface area contributed by atoms with Crippen LogP contribution < -0.4 is 0 Å². The van der Waals surface area contributed by atoms with E-state index < -0.39 is 18.1 Å². The van der Waals surface area contributed by atoms with Crippen LogP contribution >= 0.6 is 0 Å². The Bertz CT molecular complexity index is 1340. The van der Waals surface area contributed by atoms with E-state index in [2.05, 4.69) is 16.0 Å². The molecule has 1 aromatic heterocycles. The van der Waals surface area contributed by atoms with Crippen LogP contribution in [0.15, 0.2) is 48.5 Å². The molecule has 4 heterocycles. The monoisotopic (exact) mass is 502 g/mol. The van der Waals surface area contributed by atoms with Crippen molar-refractivity contribution in [1.29, 1.82) is 0 Å². The summed E-state index contributed by atoms with van der Waals surface area (Å²) in [4.78, 5) is 48.8. The van der Waals surface area contributed by atoms with E-state index in [1.807, 2.05) is 30.3 Å². The second-order valence-electron chi connectivity index (χ2n) is 9.81. The molecule has 2 amide bonds. The predicted molar refractivity (Wildman–Crippen MR) is 136 cm³/mol. The Labute approximate surface area is 214 Å². The van der Waals surface area contributed by atoms with E-state index in [0.29, 0.717) is 31.7 Å². The van der Waals surface area contributed by atoms with Gasteiger partial charge >= 0.3 is 5.97 Å². The molecule has 1 N–H and O–H groups in total. The van der Waals surface area contributed by atoms with Crippen molar-refractivity contribution in [2.75, 3.05) is 53.0 Å². The highest BCUT2D eigenvalue weighted by Crippen LogP contribution is 2.42. The third kappa shape index (κ3) is 4.18. The summed E-state index contributed by atoms with van der Waals surface area (Å²) in [6, 6.07) is 14.1. The van der Waals surface area contributed by atoms with Crippen LogP contribution in [0.25, 0.3) is 10.9 Å². The van der Waals surface area contributed by atoms with Gasteiger partial charge in [-0.2, -0.15) is 0 Å². The zero-order valence-corrected chi connectivity index (χ0v) is 20.8. The minimum Gasteiger partial charge on any atom is -0.465 e. The van der Waals surface area contributed by atoms with Crippen LogP contribution in [0.2, 0.25) is 0 Å². The number of methoxy groups -OCH3 is 1. The molecule has 192 valence electrons. The highest BCUT2D eigenvalue weighted by Gasteiger charge is 2.48. The van der Waals surface area contributed by atoms with Gasteiger partial charge in [-0.15, -0.1) is 0 Å². The topological polar surface area (TPSA) is 95.2 Å². The zero-order valence-electron chi connectivity index (χ0n) is 20.8. The van der Waals surface area contributed by atoms with Crippen LogP contribution in [0.3, 0.4) is 0 Å². The average molecular weight is 503 g/mol. The molecular weight excluding hydrogens is 472 g/mol. The Kier molecular flexibility index (Phi) is 6.18. The number of nitrogens with one attached hydrogen (secondary N) is 1. The summed E-state index contributed by atoms with van der Waals surface area (Å²) < 4.78 is 10.3. The molecule has 0 unspecified atom stereocenters. The normalized spacial score (nSPS) is 22.2. The molecule has 2 aromatic carbocycles. The number of ether oxygens (including phenoxy) is 2. The van der Waals surface area contributed by atoms with Crippen molar-refractivity contribution in [2.45, 2.75) is 18.5 Å². The lowest BCUT2D eigenvalue weighted by atomic mass is 9.86. The van der Waals surface area contributed by atoms with Crippen LogP contribution in [-0.2, 0) is 25.5 Å². The van der Waals surface area contributed by atoms with Crippen molar-refractivity contribution in [3.63, 3.8) is 0 Å². The molecule has 2 saturated heterocycles. The molecule has 0 saturated carbocycles. The predicted octanol–water partition coefficient (Wildman–Crippen LogP) is 1.97. The van der Waals surface area contributed by atoms with Gasteiger partial charge in [-0.05, 0) is 29.3 Å². The summed E-state index contributed by atoms with van der Waals surface area (Å²) in [5, 5.41) is 1.07. The van der Waals surface area contributed by atoms with E-state index >= 15 is 0 Å². The van der Waals surface area contributed by atoms with E-state index in [-0.39, 0.29) is 18.4 Å². The minimum atomic E-state index is -0.581. The van der Waals surface area contributed by atoms with E-state index in [1.54, 1.807) is 21.9 Å². The fourth-order valence-electron chi connectivity index (χ4n) is 5.87. The summed E-state index contributed by atoms with van der Waals surface area (Å²) in [6.45, 7) is 4.39. The lowest BCUT2D eigenvalue weighted by molar-refractivity contribution is -0.158. The molecule has 9 heteroatoms. The third-order valence-corrected chi connectivity index (χ3v) is 7.78. The first-order chi connectivity index (χ1) is 18.0. The molecule has 9 nitrogen and oxygen atoms in total. The second kappa shape index (κ2) is 9.64. The maximum absolute atomic E-state index is 13.8. The Hall–Kier alpha value is -3.69. The van der Waals surface area contributed by atoms with E-state index in [9.17, 15) is 14.4 Å². The van der Waals surface area contributed by atoms with Gasteiger partial charge in [0.1, 0.15) is 6.04 Å². The molecule has 0 bridgehead atoms. The maximum Gasteiger partial charge on any atom is 0.337 e. The molecule has 0 aliphatic carbocycles. The van der Waals surface area contributed by atoms with Gasteiger partial charge < -0.3 is 24.3 Å². The number of amides is 2. The maximum atomic E-state index is 13.8. The Morgan fingerprint density at radius 2 is 1.81 bits per heavy atom. The summed E-state index contributed by atoms with van der Waals surface area (Å²) >= 11 is 0. The molecule has 6 rings (SSSR count). The Balaban J connectivity index is 1.36. The first-order valence-electron chi connectivity index (χ1n) is 12.7. The molecule has 3 aliphatic rings. The molecule has 2 atom stereocenters. The van der Waals surface area contributed by atoms with Crippen molar-refractivity contribution in [1.82, 2.24) is 19.7 Å². The third-order valence-electron chi connectivity index (χ3n) is 7.78. The number of carbonyl (C=O) groups excluding carboxylic acids is 3. The fraction of sp³-hybridized carbons (Fsp3) is 0.393. The highest BCUT2D eigenvalue weighted by molar-refractivity contribution is 5.97. The molecular formula is C28H30N4O5. The molecule has 0 radical (unpaired) electrons. The highest BCUT2D eigenvalue weighted by atomic mass is 16.5. The smallest absolute Gasteiger partial charge is 0.337 e. The van der Waals surface area contributed by atoms with Gasteiger partial charge in [0.25, 0.3) is 0 Å². The van der Waals surface area contributed by atoms with Gasteiger partial charge in [-0.1, -0.05) is 30.3 Å². The number of benzene rings is 2. The average Bonchev–Trinajstić information content (AvgIpc) is 3.31. The van der Waals surface area contributed by atoms with Crippen LogP contribution in [0, 0.1) is 0 Å². The van der Waals surface area contributed by atoms with Gasteiger partial charge in [-0.25, -0.2) is 4.79 Å². The quantitative estimate of drug-likeness (QED) is 0.536. The van der Waals surface area contributed by atoms with Gasteiger partial charge in [0.2, 0.25) is 11.8 Å². The number of para-hydroxylation sites is 1. The number of esters is 1. The van der Waals surface area contributed by atoms with E-state index in [1.165, 1.54) is 7.11 Å². The summed E-state index contributed by atoms with van der Waals surface area (Å²) in [5.41, 5.74) is 4.24. The number of carbonyl (C=O) groups is 3. The zero-order chi connectivity index (χ0) is 25.5. The number of aromatic amines is 1. The van der Waals surface area contributed by atoms with Gasteiger partial charge in [-0.3, -0.25) is 14.5 Å². The largest absolute Gasteiger partial charge is 0.465 e. The fourth-order valence-corrected chi connectivity index (χ4v) is 5.87. The van der Waals surface area contributed by atoms with Crippen LogP contribution in [0.4, 0.5) is 0 Å². The number of piperazine rings is 1. The van der Waals surface area contributed by atoms with Crippen molar-refractivity contribution < 1.29 is 23.9 Å². The van der Waals surface area contributed by atoms with Crippen molar-refractivity contribution >= 4 is 28.7 Å². The van der Waals surface area contributed by atoms with Crippen LogP contribution in [0.1, 0.15) is 33.2 Å². The molecule has 3 aromatic rings. The van der Waals surface area contributed by atoms with E-state index in [0.717, 1.165) is 47.4 Å². The number of nitrogens with zero attached hydrogens (tertiary/aromatic N) is 3. The summed E-state index contributed by atoms with van der Waals surface area (Å²) in [6.07, 6.45) is 0.467. The molecule has 3 aliphatic heterocycles. The number of aromatic nitrogens is 1. The van der Waals surface area contributed by atoms with Crippen LogP contribution in [0.5, 0.6) is 0 Å². The second-order valence-corrected chi connectivity index (χ2v) is 9.81. The Morgan fingerprint density at radius 1 is 1.05 bits per heavy atom. The van der Waals surface area contributed by atoms with Crippen molar-refractivity contribution in [2.24, 2.45) is 0 Å². The number of rotatable bonds is 5. The van der Waals surface area contributed by atoms with E-state index in [4.69, 9.17) is 9.47 Å². The molecule has 0 spiro atoms.